The molecule has 0 saturated heterocycles. The zero-order valence-electron chi connectivity index (χ0n) is 12.5. The summed E-state index contributed by atoms with van der Waals surface area (Å²) in [6, 6.07) is 3.28. The summed E-state index contributed by atoms with van der Waals surface area (Å²) < 4.78 is 0. The van der Waals surface area contributed by atoms with Crippen molar-refractivity contribution in [1.29, 1.82) is 0 Å². The molecule has 4 nitrogen and oxygen atoms in total. The van der Waals surface area contributed by atoms with Crippen LogP contribution in [0.5, 0.6) is 0 Å². The Morgan fingerprint density at radius 3 is 2.50 bits per heavy atom. The molecule has 1 amide bonds. The number of hydrogen-bond acceptors (Lipinski definition) is 3. The third-order valence-electron chi connectivity index (χ3n) is 3.23. The monoisotopic (exact) mass is 298 g/mol. The number of nitrogens with zero attached hydrogens (tertiary/aromatic N) is 1. The molecule has 2 N–H and O–H groups in total. The second kappa shape index (κ2) is 7.60. The normalized spacial score (nSPS) is 12.8. The van der Waals surface area contributed by atoms with Gasteiger partial charge in [-0.2, -0.15) is 0 Å². The number of amides is 1. The minimum Gasteiger partial charge on any atom is -0.396 e. The molecule has 0 radical (unpaired) electrons. The van der Waals surface area contributed by atoms with Gasteiger partial charge in [0.15, 0.2) is 0 Å². The third-order valence-corrected chi connectivity index (χ3v) is 3.42. The van der Waals surface area contributed by atoms with Crippen LogP contribution in [0.4, 0.5) is 0 Å². The number of aliphatic hydroxyl groups excluding tert-OH is 1. The predicted molar refractivity (Wildman–Crippen MR) is 81.1 cm³/mol. The summed E-state index contributed by atoms with van der Waals surface area (Å²) in [7, 11) is 0. The average Bonchev–Trinajstić information content (AvgIpc) is 2.37. The number of pyridine rings is 1. The number of rotatable bonds is 6. The molecule has 1 unspecified atom stereocenters. The lowest BCUT2D eigenvalue weighted by Gasteiger charge is -2.21. The molecule has 1 aromatic rings. The van der Waals surface area contributed by atoms with Crippen LogP contribution in [0.1, 0.15) is 56.1 Å². The fourth-order valence-corrected chi connectivity index (χ4v) is 2.12. The van der Waals surface area contributed by atoms with Gasteiger partial charge in [-0.25, -0.2) is 4.98 Å². The van der Waals surface area contributed by atoms with Crippen LogP contribution in [-0.2, 0) is 0 Å². The number of hydrogen-bond donors (Lipinski definition) is 2. The number of carbonyl (C=O) groups is 1. The van der Waals surface area contributed by atoms with Crippen LogP contribution in [0.25, 0.3) is 0 Å². The average molecular weight is 299 g/mol. The smallest absolute Gasteiger partial charge is 0.251 e. The second-order valence-corrected chi connectivity index (χ2v) is 5.98. The fourth-order valence-electron chi connectivity index (χ4n) is 1.91. The van der Waals surface area contributed by atoms with E-state index >= 15 is 0 Å². The zero-order chi connectivity index (χ0) is 15.3. The molecule has 0 bridgehead atoms. The molecule has 0 aliphatic rings. The van der Waals surface area contributed by atoms with Gasteiger partial charge in [0.25, 0.3) is 5.91 Å². The van der Waals surface area contributed by atoms with Crippen molar-refractivity contribution in [1.82, 2.24) is 10.3 Å². The van der Waals surface area contributed by atoms with E-state index in [2.05, 4.69) is 10.3 Å². The number of halogens is 1. The highest BCUT2D eigenvalue weighted by atomic mass is 35.5. The SMILES string of the molecule is CC(C)c1cc(C(=O)NC(CCO)C(C)C)cc(Cl)n1. The Kier molecular flexibility index (Phi) is 6.43. The van der Waals surface area contributed by atoms with Crippen LogP contribution in [0.15, 0.2) is 12.1 Å². The maximum absolute atomic E-state index is 12.3. The molecule has 1 rings (SSSR count). The zero-order valence-corrected chi connectivity index (χ0v) is 13.2. The van der Waals surface area contributed by atoms with Crippen molar-refractivity contribution in [3.8, 4) is 0 Å². The number of aliphatic hydroxyl groups is 1. The Morgan fingerprint density at radius 1 is 1.35 bits per heavy atom. The van der Waals surface area contributed by atoms with Crippen molar-refractivity contribution < 1.29 is 9.90 Å². The first-order chi connectivity index (χ1) is 9.35. The molecule has 0 aliphatic heterocycles. The van der Waals surface area contributed by atoms with Crippen molar-refractivity contribution >= 4 is 17.5 Å². The summed E-state index contributed by atoms with van der Waals surface area (Å²) in [6.45, 7) is 8.09. The largest absolute Gasteiger partial charge is 0.396 e. The van der Waals surface area contributed by atoms with Crippen molar-refractivity contribution in [3.63, 3.8) is 0 Å². The molecular formula is C15H23ClN2O2. The molecule has 0 spiro atoms. The Morgan fingerprint density at radius 2 is 2.00 bits per heavy atom. The van der Waals surface area contributed by atoms with Gasteiger partial charge in [0.05, 0.1) is 0 Å². The standard InChI is InChI=1S/C15H23ClN2O2/c1-9(2)12(5-6-19)18-15(20)11-7-13(10(3)4)17-14(16)8-11/h7-10,12,19H,5-6H2,1-4H3,(H,18,20). The van der Waals surface area contributed by atoms with Gasteiger partial charge in [0.2, 0.25) is 0 Å². The second-order valence-electron chi connectivity index (χ2n) is 5.59. The van der Waals surface area contributed by atoms with Crippen LogP contribution < -0.4 is 5.32 Å². The van der Waals surface area contributed by atoms with Crippen LogP contribution >= 0.6 is 11.6 Å². The van der Waals surface area contributed by atoms with Crippen LogP contribution in [0.2, 0.25) is 5.15 Å². The van der Waals surface area contributed by atoms with Gasteiger partial charge >= 0.3 is 0 Å². The topological polar surface area (TPSA) is 62.2 Å². The Hall–Kier alpha value is -1.13. The lowest BCUT2D eigenvalue weighted by molar-refractivity contribution is 0.0916. The Balaban J connectivity index is 2.91. The highest BCUT2D eigenvalue weighted by Gasteiger charge is 2.18. The summed E-state index contributed by atoms with van der Waals surface area (Å²) >= 11 is 5.97. The first kappa shape index (κ1) is 16.9. The van der Waals surface area contributed by atoms with Gasteiger partial charge in [-0.1, -0.05) is 39.3 Å². The minimum absolute atomic E-state index is 0.0530. The Labute approximate surface area is 125 Å². The van der Waals surface area contributed by atoms with E-state index in [0.717, 1.165) is 5.69 Å². The van der Waals surface area contributed by atoms with Crippen LogP contribution in [-0.4, -0.2) is 28.6 Å². The fraction of sp³-hybridized carbons (Fsp3) is 0.600. The van der Waals surface area contributed by atoms with E-state index in [-0.39, 0.29) is 30.4 Å². The highest BCUT2D eigenvalue weighted by molar-refractivity contribution is 6.29. The summed E-state index contributed by atoms with van der Waals surface area (Å²) in [5, 5.41) is 12.3. The molecule has 5 heteroatoms. The number of nitrogens with one attached hydrogen (secondary N) is 1. The first-order valence-corrected chi connectivity index (χ1v) is 7.32. The maximum Gasteiger partial charge on any atom is 0.251 e. The summed E-state index contributed by atoms with van der Waals surface area (Å²) in [4.78, 5) is 16.5. The third kappa shape index (κ3) is 4.76. The van der Waals surface area contributed by atoms with Gasteiger partial charge in [0, 0.05) is 23.9 Å². The van der Waals surface area contributed by atoms with Gasteiger partial charge in [-0.3, -0.25) is 4.79 Å². The first-order valence-electron chi connectivity index (χ1n) is 6.94. The van der Waals surface area contributed by atoms with Crippen molar-refractivity contribution in [2.45, 2.75) is 46.1 Å². The molecule has 1 aromatic heterocycles. The van der Waals surface area contributed by atoms with Crippen LogP contribution in [0.3, 0.4) is 0 Å². The number of carbonyl (C=O) groups excluding carboxylic acids is 1. The van der Waals surface area contributed by atoms with Crippen molar-refractivity contribution in [2.75, 3.05) is 6.61 Å². The number of aromatic nitrogens is 1. The lowest BCUT2D eigenvalue weighted by Crippen LogP contribution is -2.39. The summed E-state index contributed by atoms with van der Waals surface area (Å²) in [6.07, 6.45) is 0.541. The summed E-state index contributed by atoms with van der Waals surface area (Å²) in [5.41, 5.74) is 1.31. The van der Waals surface area contributed by atoms with E-state index in [4.69, 9.17) is 16.7 Å². The molecule has 112 valence electrons. The van der Waals surface area contributed by atoms with E-state index < -0.39 is 0 Å². The van der Waals surface area contributed by atoms with E-state index in [1.165, 1.54) is 0 Å². The van der Waals surface area contributed by atoms with Gasteiger partial charge in [0.1, 0.15) is 5.15 Å². The molecule has 0 fully saturated rings. The predicted octanol–water partition coefficient (Wildman–Crippen LogP) is 3.00. The molecule has 1 atom stereocenters. The molecular weight excluding hydrogens is 276 g/mol. The van der Waals surface area contributed by atoms with Gasteiger partial charge in [-0.15, -0.1) is 0 Å². The van der Waals surface area contributed by atoms with E-state index in [9.17, 15) is 4.79 Å². The van der Waals surface area contributed by atoms with Gasteiger partial charge < -0.3 is 10.4 Å². The van der Waals surface area contributed by atoms with Crippen molar-refractivity contribution in [3.05, 3.63) is 28.5 Å². The van der Waals surface area contributed by atoms with E-state index in [1.54, 1.807) is 12.1 Å². The maximum atomic E-state index is 12.3. The van der Waals surface area contributed by atoms with Gasteiger partial charge in [-0.05, 0) is 30.4 Å². The van der Waals surface area contributed by atoms with Crippen molar-refractivity contribution in [2.24, 2.45) is 5.92 Å². The minimum atomic E-state index is -0.177. The van der Waals surface area contributed by atoms with E-state index in [0.29, 0.717) is 17.1 Å². The molecule has 20 heavy (non-hydrogen) atoms. The van der Waals surface area contributed by atoms with Crippen LogP contribution in [0, 0.1) is 5.92 Å². The lowest BCUT2D eigenvalue weighted by atomic mass is 10.0. The summed E-state index contributed by atoms with van der Waals surface area (Å²) in [5.74, 6) is 0.287. The molecule has 0 saturated carbocycles. The highest BCUT2D eigenvalue weighted by Crippen LogP contribution is 2.18. The molecule has 1 heterocycles. The molecule has 0 aromatic carbocycles. The van der Waals surface area contributed by atoms with E-state index in [1.807, 2.05) is 27.7 Å². The quantitative estimate of drug-likeness (QED) is 0.794. The molecule has 0 aliphatic carbocycles. The Bertz CT molecular complexity index is 461.